The smallest absolute Gasteiger partial charge is 0.251 e. The summed E-state index contributed by atoms with van der Waals surface area (Å²) in [5.74, 6) is 0.214. The first kappa shape index (κ1) is 15.0. The number of carbonyl (C=O) groups excluding carboxylic acids is 1. The number of nitrogens with zero attached hydrogens (tertiary/aromatic N) is 1. The van der Waals surface area contributed by atoms with E-state index in [4.69, 9.17) is 0 Å². The van der Waals surface area contributed by atoms with Gasteiger partial charge < -0.3 is 10.6 Å². The summed E-state index contributed by atoms with van der Waals surface area (Å²) < 4.78 is 13.5. The van der Waals surface area contributed by atoms with Gasteiger partial charge in [0.1, 0.15) is 11.6 Å². The van der Waals surface area contributed by atoms with Crippen LogP contribution in [0.3, 0.4) is 0 Å². The third kappa shape index (κ3) is 4.02. The lowest BCUT2D eigenvalue weighted by atomic mass is 10.1. The van der Waals surface area contributed by atoms with E-state index in [0.717, 1.165) is 5.69 Å². The van der Waals surface area contributed by atoms with E-state index < -0.39 is 0 Å². The number of aromatic nitrogens is 1. The van der Waals surface area contributed by atoms with Gasteiger partial charge in [-0.25, -0.2) is 9.37 Å². The summed E-state index contributed by atoms with van der Waals surface area (Å²) in [6.07, 6.45) is 0.460. The molecule has 0 atom stereocenters. The Kier molecular flexibility index (Phi) is 4.87. The molecule has 2 aromatic rings. The first-order valence-electron chi connectivity index (χ1n) is 6.78. The van der Waals surface area contributed by atoms with Crippen LogP contribution >= 0.6 is 0 Å². The molecule has 2 N–H and O–H groups in total. The average molecular weight is 287 g/mol. The molecule has 21 heavy (non-hydrogen) atoms. The van der Waals surface area contributed by atoms with Crippen LogP contribution in [0.1, 0.15) is 21.6 Å². The van der Waals surface area contributed by atoms with Crippen LogP contribution in [0.25, 0.3) is 0 Å². The highest BCUT2D eigenvalue weighted by Crippen LogP contribution is 2.10. The maximum absolute atomic E-state index is 13.5. The molecule has 1 heterocycles. The fraction of sp³-hybridized carbons (Fsp3) is 0.250. The summed E-state index contributed by atoms with van der Waals surface area (Å²) in [5, 5.41) is 5.70. The molecule has 0 fully saturated rings. The van der Waals surface area contributed by atoms with E-state index >= 15 is 0 Å². The van der Waals surface area contributed by atoms with Gasteiger partial charge in [0.05, 0.1) is 0 Å². The average Bonchev–Trinajstić information content (AvgIpc) is 2.48. The van der Waals surface area contributed by atoms with Crippen molar-refractivity contribution in [3.8, 4) is 0 Å². The molecule has 1 amide bonds. The van der Waals surface area contributed by atoms with Crippen molar-refractivity contribution in [2.75, 3.05) is 18.9 Å². The van der Waals surface area contributed by atoms with E-state index in [0.29, 0.717) is 29.9 Å². The Bertz CT molecular complexity index is 643. The van der Waals surface area contributed by atoms with Gasteiger partial charge in [0.2, 0.25) is 0 Å². The molecule has 0 aliphatic heterocycles. The molecule has 5 heteroatoms. The summed E-state index contributed by atoms with van der Waals surface area (Å²) >= 11 is 0. The molecule has 0 saturated carbocycles. The van der Waals surface area contributed by atoms with Crippen LogP contribution in [-0.4, -0.2) is 24.5 Å². The van der Waals surface area contributed by atoms with Crippen molar-refractivity contribution in [2.45, 2.75) is 13.3 Å². The lowest BCUT2D eigenvalue weighted by Crippen LogP contribution is -2.26. The van der Waals surface area contributed by atoms with Crippen molar-refractivity contribution in [2.24, 2.45) is 0 Å². The summed E-state index contributed by atoms with van der Waals surface area (Å²) in [6.45, 7) is 2.22. The van der Waals surface area contributed by atoms with Crippen molar-refractivity contribution in [3.05, 3.63) is 59.0 Å². The standard InChI is InChI=1S/C16H18FN3O/c1-11-9-13(10-15(18-2)20-11)16(21)19-8-7-12-5-3-4-6-14(12)17/h3-6,9-10H,7-8H2,1-2H3,(H,18,20)(H,19,21). The van der Waals surface area contributed by atoms with E-state index in [-0.39, 0.29) is 11.7 Å². The number of pyridine rings is 1. The summed E-state index contributed by atoms with van der Waals surface area (Å²) in [7, 11) is 1.75. The maximum atomic E-state index is 13.5. The number of amides is 1. The van der Waals surface area contributed by atoms with Gasteiger partial charge in [-0.15, -0.1) is 0 Å². The first-order valence-corrected chi connectivity index (χ1v) is 6.78. The first-order chi connectivity index (χ1) is 10.1. The van der Waals surface area contributed by atoms with Crippen LogP contribution in [0.5, 0.6) is 0 Å². The minimum absolute atomic E-state index is 0.187. The van der Waals surface area contributed by atoms with Gasteiger partial charge in [-0.1, -0.05) is 18.2 Å². The number of benzene rings is 1. The van der Waals surface area contributed by atoms with Crippen LogP contribution in [0.2, 0.25) is 0 Å². The minimum atomic E-state index is -0.246. The van der Waals surface area contributed by atoms with Gasteiger partial charge in [-0.2, -0.15) is 0 Å². The molecule has 110 valence electrons. The van der Waals surface area contributed by atoms with Crippen molar-refractivity contribution in [1.29, 1.82) is 0 Å². The molecular weight excluding hydrogens is 269 g/mol. The van der Waals surface area contributed by atoms with Crippen LogP contribution in [-0.2, 0) is 6.42 Å². The number of nitrogens with one attached hydrogen (secondary N) is 2. The molecule has 0 spiro atoms. The lowest BCUT2D eigenvalue weighted by Gasteiger charge is -2.08. The highest BCUT2D eigenvalue weighted by atomic mass is 19.1. The number of rotatable bonds is 5. The van der Waals surface area contributed by atoms with Crippen molar-refractivity contribution in [3.63, 3.8) is 0 Å². The molecule has 0 saturated heterocycles. The molecule has 0 radical (unpaired) electrons. The number of anilines is 1. The number of carbonyl (C=O) groups is 1. The Morgan fingerprint density at radius 1 is 1.29 bits per heavy atom. The number of hydrogen-bond donors (Lipinski definition) is 2. The lowest BCUT2D eigenvalue weighted by molar-refractivity contribution is 0.0954. The second-order valence-corrected chi connectivity index (χ2v) is 4.73. The largest absolute Gasteiger partial charge is 0.373 e. The minimum Gasteiger partial charge on any atom is -0.373 e. The maximum Gasteiger partial charge on any atom is 0.251 e. The normalized spacial score (nSPS) is 10.2. The van der Waals surface area contributed by atoms with Gasteiger partial charge >= 0.3 is 0 Å². The van der Waals surface area contributed by atoms with Crippen LogP contribution in [0.4, 0.5) is 10.2 Å². The Labute approximate surface area is 123 Å². The van der Waals surface area contributed by atoms with E-state index in [1.165, 1.54) is 6.07 Å². The van der Waals surface area contributed by atoms with Gasteiger partial charge in [0.25, 0.3) is 5.91 Å². The van der Waals surface area contributed by atoms with Crippen molar-refractivity contribution in [1.82, 2.24) is 10.3 Å². The Morgan fingerprint density at radius 3 is 2.76 bits per heavy atom. The van der Waals surface area contributed by atoms with E-state index in [1.54, 1.807) is 37.4 Å². The van der Waals surface area contributed by atoms with E-state index in [2.05, 4.69) is 15.6 Å². The van der Waals surface area contributed by atoms with Crippen LogP contribution in [0, 0.1) is 12.7 Å². The predicted octanol–water partition coefficient (Wildman–Crippen LogP) is 2.54. The van der Waals surface area contributed by atoms with Gasteiger partial charge in [0.15, 0.2) is 0 Å². The molecule has 4 nitrogen and oxygen atoms in total. The highest BCUT2D eigenvalue weighted by molar-refractivity contribution is 5.95. The molecule has 0 unspecified atom stereocenters. The highest BCUT2D eigenvalue weighted by Gasteiger charge is 2.08. The zero-order chi connectivity index (χ0) is 15.2. The topological polar surface area (TPSA) is 54.0 Å². The zero-order valence-electron chi connectivity index (χ0n) is 12.1. The molecule has 0 bridgehead atoms. The number of hydrogen-bond acceptors (Lipinski definition) is 3. The SMILES string of the molecule is CNc1cc(C(=O)NCCc2ccccc2F)cc(C)n1. The summed E-state index contributed by atoms with van der Waals surface area (Å²) in [6, 6.07) is 9.98. The molecule has 2 rings (SSSR count). The monoisotopic (exact) mass is 287 g/mol. The molecule has 0 aliphatic rings. The molecular formula is C16H18FN3O. The van der Waals surface area contributed by atoms with Crippen molar-refractivity contribution < 1.29 is 9.18 Å². The number of halogens is 1. The van der Waals surface area contributed by atoms with Crippen LogP contribution in [0.15, 0.2) is 36.4 Å². The fourth-order valence-corrected chi connectivity index (χ4v) is 2.04. The van der Waals surface area contributed by atoms with Gasteiger partial charge in [0, 0.05) is 24.8 Å². The van der Waals surface area contributed by atoms with E-state index in [9.17, 15) is 9.18 Å². The van der Waals surface area contributed by atoms with E-state index in [1.807, 2.05) is 6.92 Å². The van der Waals surface area contributed by atoms with Gasteiger partial charge in [-0.3, -0.25) is 4.79 Å². The molecule has 0 aliphatic carbocycles. The quantitative estimate of drug-likeness (QED) is 0.888. The Hall–Kier alpha value is -2.43. The zero-order valence-corrected chi connectivity index (χ0v) is 12.1. The third-order valence-electron chi connectivity index (χ3n) is 3.11. The third-order valence-corrected chi connectivity index (χ3v) is 3.11. The van der Waals surface area contributed by atoms with Crippen molar-refractivity contribution >= 4 is 11.7 Å². The predicted molar refractivity (Wildman–Crippen MR) is 81.0 cm³/mol. The van der Waals surface area contributed by atoms with Gasteiger partial charge in [-0.05, 0) is 37.1 Å². The molecule has 1 aromatic heterocycles. The number of aryl methyl sites for hydroxylation is 1. The second-order valence-electron chi connectivity index (χ2n) is 4.73. The summed E-state index contributed by atoms with van der Waals surface area (Å²) in [4.78, 5) is 16.3. The van der Waals surface area contributed by atoms with Crippen LogP contribution < -0.4 is 10.6 Å². The fourth-order valence-electron chi connectivity index (χ4n) is 2.04. The second kappa shape index (κ2) is 6.83. The Morgan fingerprint density at radius 2 is 2.05 bits per heavy atom. The summed E-state index contributed by atoms with van der Waals surface area (Å²) in [5.41, 5.74) is 1.90. The molecule has 1 aromatic carbocycles. The Balaban J connectivity index is 1.96.